The molecule has 3 aromatic carbocycles. The van der Waals surface area contributed by atoms with Crippen LogP contribution in [0.15, 0.2) is 105 Å². The molecule has 1 aromatic heterocycles. The summed E-state index contributed by atoms with van der Waals surface area (Å²) in [6.45, 7) is 6.26. The second-order valence-electron chi connectivity index (χ2n) is 10.7. The fourth-order valence-corrected chi connectivity index (χ4v) is 7.64. The first-order valence-corrected chi connectivity index (χ1v) is 15.7. The number of aryl methyl sites for hydroxylation is 2. The average molecular weight is 587 g/mol. The molecule has 2 aliphatic heterocycles. The maximum atomic E-state index is 14.2. The number of piperidine rings is 1. The van der Waals surface area contributed by atoms with E-state index in [4.69, 9.17) is 4.74 Å². The molecule has 2 aliphatic rings. The van der Waals surface area contributed by atoms with Crippen molar-refractivity contribution in [2.24, 2.45) is 0 Å². The van der Waals surface area contributed by atoms with E-state index < -0.39 is 33.5 Å². The van der Waals surface area contributed by atoms with E-state index in [2.05, 4.69) is 6.92 Å². The zero-order chi connectivity index (χ0) is 29.6. The summed E-state index contributed by atoms with van der Waals surface area (Å²) in [5, 5.41) is 0. The molecule has 1 fully saturated rings. The van der Waals surface area contributed by atoms with Crippen molar-refractivity contribution in [3.05, 3.63) is 128 Å². The summed E-state index contributed by atoms with van der Waals surface area (Å²) in [6, 6.07) is 22.5. The Kier molecular flexibility index (Phi) is 7.28. The highest BCUT2D eigenvalue weighted by atomic mass is 32.2. The minimum atomic E-state index is -3.93. The molecule has 3 heterocycles. The lowest BCUT2D eigenvalue weighted by molar-refractivity contribution is 0.148. The number of hydrogen-bond acceptors (Lipinski definition) is 5. The van der Waals surface area contributed by atoms with Crippen LogP contribution in [0.1, 0.15) is 49.0 Å². The lowest BCUT2D eigenvalue weighted by Crippen LogP contribution is -2.48. The summed E-state index contributed by atoms with van der Waals surface area (Å²) in [7, 11) is -3.93. The first-order valence-electron chi connectivity index (χ1n) is 14.3. The molecular formula is C32H34N4O5S. The van der Waals surface area contributed by atoms with Gasteiger partial charge in [-0.25, -0.2) is 31.9 Å². The summed E-state index contributed by atoms with van der Waals surface area (Å²) in [6.07, 6.45) is 1.12. The lowest BCUT2D eigenvalue weighted by Gasteiger charge is -2.43. The van der Waals surface area contributed by atoms with Gasteiger partial charge >= 0.3 is 11.4 Å². The third-order valence-corrected chi connectivity index (χ3v) is 10.1. The van der Waals surface area contributed by atoms with E-state index in [1.807, 2.05) is 44.2 Å². The Hall–Kier alpha value is -4.15. The van der Waals surface area contributed by atoms with Crippen LogP contribution in [0, 0.1) is 6.92 Å². The number of benzene rings is 3. The molecule has 2 atom stereocenters. The van der Waals surface area contributed by atoms with Gasteiger partial charge in [0.25, 0.3) is 0 Å². The van der Waals surface area contributed by atoms with Crippen molar-refractivity contribution in [1.29, 1.82) is 0 Å². The Morgan fingerprint density at radius 3 is 2.17 bits per heavy atom. The van der Waals surface area contributed by atoms with E-state index in [1.165, 1.54) is 18.2 Å². The highest BCUT2D eigenvalue weighted by molar-refractivity contribution is 7.89. The molecule has 0 radical (unpaired) electrons. The Labute approximate surface area is 244 Å². The van der Waals surface area contributed by atoms with Crippen LogP contribution in [0.3, 0.4) is 0 Å². The van der Waals surface area contributed by atoms with Crippen LogP contribution in [0.25, 0.3) is 5.69 Å². The van der Waals surface area contributed by atoms with Crippen molar-refractivity contribution in [3.8, 4) is 5.69 Å². The summed E-state index contributed by atoms with van der Waals surface area (Å²) in [5.74, 6) is 0.527. The topological polar surface area (TPSA) is 95.5 Å². The Balaban J connectivity index is 1.53. The van der Waals surface area contributed by atoms with E-state index in [0.717, 1.165) is 23.1 Å². The number of nitrogens with zero attached hydrogens (tertiary/aromatic N) is 4. The van der Waals surface area contributed by atoms with Gasteiger partial charge in [0.15, 0.2) is 0 Å². The molecule has 0 N–H and O–H groups in total. The molecule has 0 aliphatic carbocycles. The summed E-state index contributed by atoms with van der Waals surface area (Å²) < 4.78 is 40.1. The summed E-state index contributed by atoms with van der Waals surface area (Å²) >= 11 is 0. The summed E-state index contributed by atoms with van der Waals surface area (Å²) in [5.41, 5.74) is 3.20. The van der Waals surface area contributed by atoms with Gasteiger partial charge in [-0.05, 0) is 62.1 Å². The third-order valence-electron chi connectivity index (χ3n) is 8.26. The third kappa shape index (κ3) is 4.64. The average Bonchev–Trinajstić information content (AvgIpc) is 3.26. The molecule has 218 valence electrons. The SMILES string of the molecule is CCOC1=C2CN(S(=O)(=O)c3ccc(C)cc3)C(c3ccc(CC)cc3)CC2n2c(=O)n(-c3ccccc3)c(=O)n2C1. The van der Waals surface area contributed by atoms with Crippen LogP contribution in [-0.2, 0) is 27.7 Å². The van der Waals surface area contributed by atoms with Crippen molar-refractivity contribution < 1.29 is 13.2 Å². The van der Waals surface area contributed by atoms with Gasteiger partial charge in [0.1, 0.15) is 12.3 Å². The van der Waals surface area contributed by atoms with E-state index in [1.54, 1.807) is 48.5 Å². The molecule has 0 bridgehead atoms. The van der Waals surface area contributed by atoms with Gasteiger partial charge in [-0.2, -0.15) is 4.31 Å². The molecule has 4 aromatic rings. The van der Waals surface area contributed by atoms with Crippen LogP contribution in [0.4, 0.5) is 0 Å². The molecule has 2 unspecified atom stereocenters. The zero-order valence-corrected chi connectivity index (χ0v) is 24.8. The van der Waals surface area contributed by atoms with E-state index in [9.17, 15) is 18.0 Å². The maximum Gasteiger partial charge on any atom is 0.352 e. The highest BCUT2D eigenvalue weighted by Gasteiger charge is 2.45. The zero-order valence-electron chi connectivity index (χ0n) is 23.9. The fourth-order valence-electron chi connectivity index (χ4n) is 6.04. The summed E-state index contributed by atoms with van der Waals surface area (Å²) in [4.78, 5) is 27.8. The number of hydrogen-bond donors (Lipinski definition) is 0. The molecule has 6 rings (SSSR count). The van der Waals surface area contributed by atoms with Crippen molar-refractivity contribution in [2.45, 2.75) is 57.1 Å². The van der Waals surface area contributed by atoms with Crippen molar-refractivity contribution >= 4 is 10.0 Å². The number of para-hydroxylation sites is 1. The van der Waals surface area contributed by atoms with Gasteiger partial charge in [0.2, 0.25) is 10.0 Å². The first kappa shape index (κ1) is 28.0. The van der Waals surface area contributed by atoms with E-state index in [-0.39, 0.29) is 24.4 Å². The van der Waals surface area contributed by atoms with E-state index in [0.29, 0.717) is 23.6 Å². The van der Waals surface area contributed by atoms with Crippen molar-refractivity contribution in [1.82, 2.24) is 18.2 Å². The highest BCUT2D eigenvalue weighted by Crippen LogP contribution is 2.44. The minimum Gasteiger partial charge on any atom is -0.496 e. The largest absolute Gasteiger partial charge is 0.496 e. The first-order chi connectivity index (χ1) is 20.2. The van der Waals surface area contributed by atoms with Crippen molar-refractivity contribution in [2.75, 3.05) is 13.2 Å². The Morgan fingerprint density at radius 2 is 1.52 bits per heavy atom. The van der Waals surface area contributed by atoms with Gasteiger partial charge in [0.05, 0.1) is 29.3 Å². The second kappa shape index (κ2) is 10.9. The number of aromatic nitrogens is 3. The Morgan fingerprint density at radius 1 is 0.833 bits per heavy atom. The van der Waals surface area contributed by atoms with Crippen LogP contribution >= 0.6 is 0 Å². The van der Waals surface area contributed by atoms with Gasteiger partial charge in [0, 0.05) is 12.1 Å². The van der Waals surface area contributed by atoms with Crippen molar-refractivity contribution in [3.63, 3.8) is 0 Å². The van der Waals surface area contributed by atoms with Crippen LogP contribution in [-0.4, -0.2) is 39.8 Å². The molecule has 0 saturated carbocycles. The Bertz CT molecular complexity index is 1870. The number of fused-ring (bicyclic) bond motifs is 3. The predicted octanol–water partition coefficient (Wildman–Crippen LogP) is 4.35. The fraction of sp³-hybridized carbons (Fsp3) is 0.312. The van der Waals surface area contributed by atoms with Gasteiger partial charge in [-0.1, -0.05) is 67.1 Å². The smallest absolute Gasteiger partial charge is 0.352 e. The minimum absolute atomic E-state index is 0.0353. The van der Waals surface area contributed by atoms with Crippen LogP contribution in [0.5, 0.6) is 0 Å². The quantitative estimate of drug-likeness (QED) is 0.321. The van der Waals surface area contributed by atoms with Crippen LogP contribution in [0.2, 0.25) is 0 Å². The number of ether oxygens (including phenoxy) is 1. The number of rotatable bonds is 7. The lowest BCUT2D eigenvalue weighted by atomic mass is 9.88. The normalized spacial score (nSPS) is 18.9. The predicted molar refractivity (Wildman–Crippen MR) is 160 cm³/mol. The standard InChI is InChI=1S/C32H34N4O5S/c1-4-23-13-15-24(16-14-23)28-19-29-27(20-34(28)42(39,40)26-17-11-22(3)12-18-26)30(41-5-2)21-33-31(37)35(32(38)36(29)33)25-9-7-6-8-10-25/h6-18,28-29H,4-5,19-21H2,1-3H3. The van der Waals surface area contributed by atoms with E-state index >= 15 is 0 Å². The van der Waals surface area contributed by atoms with Gasteiger partial charge in [-0.3, -0.25) is 0 Å². The maximum absolute atomic E-state index is 14.2. The van der Waals surface area contributed by atoms with Crippen LogP contribution < -0.4 is 11.4 Å². The molecule has 9 nitrogen and oxygen atoms in total. The number of sulfonamides is 1. The molecule has 10 heteroatoms. The van der Waals surface area contributed by atoms with Gasteiger partial charge in [-0.15, -0.1) is 0 Å². The second-order valence-corrected chi connectivity index (χ2v) is 12.6. The molecule has 0 spiro atoms. The van der Waals surface area contributed by atoms with Gasteiger partial charge < -0.3 is 4.74 Å². The monoisotopic (exact) mass is 586 g/mol. The number of allylic oxidation sites excluding steroid dienone is 1. The molecular weight excluding hydrogens is 552 g/mol. The molecule has 42 heavy (non-hydrogen) atoms. The molecule has 0 amide bonds. The molecule has 1 saturated heterocycles.